The highest BCUT2D eigenvalue weighted by Gasteiger charge is 2.54. The molecule has 4 unspecified atom stereocenters. The number of benzene rings is 1. The van der Waals surface area contributed by atoms with Crippen molar-refractivity contribution in [2.45, 2.75) is 112 Å². The molecule has 3 saturated carbocycles. The molecule has 1 aromatic rings. The molecule has 1 aromatic carbocycles. The Hall–Kier alpha value is -1.67. The molecule has 0 aromatic heterocycles. The molecule has 3 N–H and O–H groups in total. The van der Waals surface area contributed by atoms with Crippen LogP contribution in [0.5, 0.6) is 0 Å². The highest BCUT2D eigenvalue weighted by molar-refractivity contribution is 6.20. The number of amides is 2. The molecule has 0 radical (unpaired) electrons. The monoisotopic (exact) mass is 556 g/mol. The molecule has 7 nitrogen and oxygen atoms in total. The Labute approximate surface area is 238 Å². The standard InChI is InChI=1S/C31H45ClN4O3/c32-25-13-14-26-31(21-25,24-7-5-3-1-2-4-6-8-24)34-27(33-26)22-9-11-23(12-10-22)28(37)35-17-19-36(20-18-35)29(38)30(39)15-16-30/h9-12,24-27,33-34,39H,1-8,13-21H2. The Morgan fingerprint density at radius 1 is 0.846 bits per heavy atom. The second-order valence-electron chi connectivity index (χ2n) is 12.8. The summed E-state index contributed by atoms with van der Waals surface area (Å²) in [5.41, 5.74) is 0.753. The number of rotatable bonds is 4. The quantitative estimate of drug-likeness (QED) is 0.481. The van der Waals surface area contributed by atoms with E-state index in [2.05, 4.69) is 22.8 Å². The average Bonchev–Trinajstić information content (AvgIpc) is 3.55. The summed E-state index contributed by atoms with van der Waals surface area (Å²) in [6.07, 6.45) is 15.0. The minimum Gasteiger partial charge on any atom is -0.380 e. The van der Waals surface area contributed by atoms with Crippen molar-refractivity contribution in [3.63, 3.8) is 0 Å². The molecule has 6 rings (SSSR count). The van der Waals surface area contributed by atoms with Gasteiger partial charge in [0.1, 0.15) is 5.60 Å². The maximum Gasteiger partial charge on any atom is 0.254 e. The predicted octanol–water partition coefficient (Wildman–Crippen LogP) is 4.34. The Morgan fingerprint density at radius 2 is 1.46 bits per heavy atom. The highest BCUT2D eigenvalue weighted by atomic mass is 35.5. The van der Waals surface area contributed by atoms with Crippen molar-refractivity contribution < 1.29 is 14.7 Å². The zero-order valence-electron chi connectivity index (χ0n) is 23.2. The number of alkyl halides is 1. The fraction of sp³-hybridized carbons (Fsp3) is 0.742. The van der Waals surface area contributed by atoms with Crippen molar-refractivity contribution in [2.75, 3.05) is 26.2 Å². The summed E-state index contributed by atoms with van der Waals surface area (Å²) >= 11 is 6.83. The topological polar surface area (TPSA) is 84.9 Å². The van der Waals surface area contributed by atoms with Gasteiger partial charge in [-0.3, -0.25) is 20.2 Å². The van der Waals surface area contributed by atoms with Crippen molar-refractivity contribution in [3.05, 3.63) is 35.4 Å². The van der Waals surface area contributed by atoms with E-state index >= 15 is 0 Å². The van der Waals surface area contributed by atoms with Crippen molar-refractivity contribution in [1.29, 1.82) is 0 Å². The SMILES string of the molecule is O=C(c1ccc(C2NC3CCC(Cl)CC3(C3CCCCCCCC3)N2)cc1)N1CCN(C(=O)C2(O)CC2)CC1. The van der Waals surface area contributed by atoms with Crippen molar-refractivity contribution in [2.24, 2.45) is 5.92 Å². The van der Waals surface area contributed by atoms with E-state index in [4.69, 9.17) is 11.6 Å². The molecule has 2 heterocycles. The van der Waals surface area contributed by atoms with Gasteiger partial charge in [-0.1, -0.05) is 50.7 Å². The van der Waals surface area contributed by atoms with Gasteiger partial charge >= 0.3 is 0 Å². The summed E-state index contributed by atoms with van der Waals surface area (Å²) in [5, 5.41) is 18.4. The third-order valence-corrected chi connectivity index (χ3v) is 10.7. The number of aliphatic hydroxyl groups is 1. The first kappa shape index (κ1) is 27.5. The zero-order chi connectivity index (χ0) is 27.0. The minimum atomic E-state index is -1.14. The smallest absolute Gasteiger partial charge is 0.254 e. The average molecular weight is 557 g/mol. The molecule has 2 saturated heterocycles. The number of hydrogen-bond acceptors (Lipinski definition) is 5. The Kier molecular flexibility index (Phi) is 7.97. The number of piperazine rings is 1. The van der Waals surface area contributed by atoms with Crippen molar-refractivity contribution >= 4 is 23.4 Å². The minimum absolute atomic E-state index is 0.00632. The van der Waals surface area contributed by atoms with Crippen LogP contribution < -0.4 is 10.6 Å². The third-order valence-electron chi connectivity index (χ3n) is 10.3. The molecule has 0 bridgehead atoms. The first-order valence-corrected chi connectivity index (χ1v) is 15.9. The van der Waals surface area contributed by atoms with Crippen LogP contribution in [-0.4, -0.2) is 75.5 Å². The normalized spacial score (nSPS) is 33.5. The zero-order valence-corrected chi connectivity index (χ0v) is 23.9. The van der Waals surface area contributed by atoms with Gasteiger partial charge < -0.3 is 14.9 Å². The van der Waals surface area contributed by atoms with Crippen LogP contribution in [0, 0.1) is 5.92 Å². The molecule has 2 amide bonds. The molecule has 8 heteroatoms. The van der Waals surface area contributed by atoms with Crippen molar-refractivity contribution in [3.8, 4) is 0 Å². The summed E-state index contributed by atoms with van der Waals surface area (Å²) in [7, 11) is 0. The van der Waals surface area contributed by atoms with Gasteiger partial charge in [-0.05, 0) is 68.6 Å². The lowest BCUT2D eigenvalue weighted by Gasteiger charge is -2.47. The van der Waals surface area contributed by atoms with E-state index in [1.165, 1.54) is 56.9 Å². The van der Waals surface area contributed by atoms with E-state index in [0.717, 1.165) is 19.3 Å². The Balaban J connectivity index is 1.11. The highest BCUT2D eigenvalue weighted by Crippen LogP contribution is 2.46. The molecule has 5 aliphatic rings. The van der Waals surface area contributed by atoms with E-state index < -0.39 is 5.60 Å². The molecule has 3 aliphatic carbocycles. The van der Waals surface area contributed by atoms with Gasteiger partial charge in [-0.25, -0.2) is 0 Å². The number of nitrogens with zero attached hydrogens (tertiary/aromatic N) is 2. The number of fused-ring (bicyclic) bond motifs is 1. The molecule has 214 valence electrons. The van der Waals surface area contributed by atoms with Gasteiger partial charge in [-0.2, -0.15) is 0 Å². The first-order chi connectivity index (χ1) is 18.9. The summed E-state index contributed by atoms with van der Waals surface area (Å²) in [6.45, 7) is 1.96. The van der Waals surface area contributed by atoms with Crippen LogP contribution >= 0.6 is 11.6 Å². The molecular formula is C31H45ClN4O3. The van der Waals surface area contributed by atoms with E-state index in [-0.39, 0.29) is 28.9 Å². The van der Waals surface area contributed by atoms with Crippen LogP contribution in [0.3, 0.4) is 0 Å². The molecule has 0 spiro atoms. The van der Waals surface area contributed by atoms with E-state index in [1.807, 2.05) is 17.0 Å². The first-order valence-electron chi connectivity index (χ1n) is 15.5. The summed E-state index contributed by atoms with van der Waals surface area (Å²) in [6, 6.07) is 8.51. The molecule has 5 fully saturated rings. The molecule has 2 aliphatic heterocycles. The fourth-order valence-corrected chi connectivity index (χ4v) is 8.14. The number of nitrogens with one attached hydrogen (secondary N) is 2. The summed E-state index contributed by atoms with van der Waals surface area (Å²) in [5.74, 6) is 0.475. The molecule has 39 heavy (non-hydrogen) atoms. The van der Waals surface area contributed by atoms with Crippen LogP contribution in [0.4, 0.5) is 0 Å². The maximum atomic E-state index is 13.2. The van der Waals surface area contributed by atoms with Crippen LogP contribution in [0.2, 0.25) is 0 Å². The van der Waals surface area contributed by atoms with Gasteiger partial charge in [0.05, 0.1) is 6.17 Å². The van der Waals surface area contributed by atoms with Gasteiger partial charge in [-0.15, -0.1) is 11.6 Å². The lowest BCUT2D eigenvalue weighted by molar-refractivity contribution is -0.143. The summed E-state index contributed by atoms with van der Waals surface area (Å²) < 4.78 is 0. The Bertz CT molecular complexity index is 1030. The largest absolute Gasteiger partial charge is 0.380 e. The number of carbonyl (C=O) groups is 2. The number of hydrogen-bond donors (Lipinski definition) is 3. The van der Waals surface area contributed by atoms with E-state index in [9.17, 15) is 14.7 Å². The molecule has 4 atom stereocenters. The predicted molar refractivity (Wildman–Crippen MR) is 153 cm³/mol. The van der Waals surface area contributed by atoms with Gasteiger partial charge in [0, 0.05) is 48.7 Å². The van der Waals surface area contributed by atoms with Gasteiger partial charge in [0.15, 0.2) is 0 Å². The lowest BCUT2D eigenvalue weighted by Crippen LogP contribution is -2.58. The molecular weight excluding hydrogens is 512 g/mol. The number of halogens is 1. The van der Waals surface area contributed by atoms with Crippen LogP contribution in [0.15, 0.2) is 24.3 Å². The Morgan fingerprint density at radius 3 is 2.10 bits per heavy atom. The fourth-order valence-electron chi connectivity index (χ4n) is 7.76. The van der Waals surface area contributed by atoms with E-state index in [1.54, 1.807) is 4.90 Å². The van der Waals surface area contributed by atoms with Crippen molar-refractivity contribution in [1.82, 2.24) is 20.4 Å². The van der Waals surface area contributed by atoms with Gasteiger partial charge in [0.25, 0.3) is 11.8 Å². The lowest BCUT2D eigenvalue weighted by atomic mass is 9.67. The summed E-state index contributed by atoms with van der Waals surface area (Å²) in [4.78, 5) is 29.2. The number of carbonyl (C=O) groups excluding carboxylic acids is 2. The van der Waals surface area contributed by atoms with Gasteiger partial charge in [0.2, 0.25) is 0 Å². The maximum absolute atomic E-state index is 13.2. The van der Waals surface area contributed by atoms with Crippen LogP contribution in [0.1, 0.15) is 106 Å². The van der Waals surface area contributed by atoms with Crippen LogP contribution in [0.25, 0.3) is 0 Å². The van der Waals surface area contributed by atoms with Crippen LogP contribution in [-0.2, 0) is 4.79 Å². The second kappa shape index (κ2) is 11.3. The second-order valence-corrected chi connectivity index (χ2v) is 13.5. The third kappa shape index (κ3) is 5.61. The van der Waals surface area contributed by atoms with E-state index in [0.29, 0.717) is 56.5 Å².